The molecule has 0 unspecified atom stereocenters. The third-order valence-electron chi connectivity index (χ3n) is 4.71. The van der Waals surface area contributed by atoms with Crippen LogP contribution in [0.4, 0.5) is 4.79 Å². The van der Waals surface area contributed by atoms with Crippen molar-refractivity contribution >= 4 is 6.03 Å². The fourth-order valence-corrected chi connectivity index (χ4v) is 2.89. The van der Waals surface area contributed by atoms with Gasteiger partial charge in [-0.2, -0.15) is 0 Å². The van der Waals surface area contributed by atoms with Gasteiger partial charge in [-0.25, -0.2) is 4.79 Å². The molecular formula is C18H26N2O3. The first-order chi connectivity index (χ1) is 11.3. The zero-order valence-corrected chi connectivity index (χ0v) is 13.5. The molecule has 0 aliphatic heterocycles. The Morgan fingerprint density at radius 2 is 2.04 bits per heavy atom. The molecule has 5 heteroatoms. The number of benzene rings is 1. The van der Waals surface area contributed by atoms with E-state index in [0.717, 1.165) is 37.0 Å². The number of rotatable bonds is 8. The van der Waals surface area contributed by atoms with Crippen molar-refractivity contribution in [3.8, 4) is 5.75 Å². The summed E-state index contributed by atoms with van der Waals surface area (Å²) in [6, 6.07) is 7.78. The van der Waals surface area contributed by atoms with Gasteiger partial charge in [0.05, 0.1) is 6.10 Å². The maximum atomic E-state index is 12.1. The second-order valence-corrected chi connectivity index (χ2v) is 6.56. The zero-order chi connectivity index (χ0) is 16.1. The molecule has 1 aromatic rings. The minimum absolute atomic E-state index is 0.0847. The Balaban J connectivity index is 1.49. The first-order valence-electron chi connectivity index (χ1n) is 8.66. The van der Waals surface area contributed by atoms with Gasteiger partial charge in [-0.15, -0.1) is 0 Å². The molecule has 1 aromatic carbocycles. The highest BCUT2D eigenvalue weighted by Gasteiger charge is 2.31. The highest BCUT2D eigenvalue weighted by atomic mass is 16.5. The van der Waals surface area contributed by atoms with Crippen LogP contribution in [0, 0.1) is 5.92 Å². The van der Waals surface area contributed by atoms with E-state index in [4.69, 9.17) is 9.84 Å². The number of carbonyl (C=O) groups excluding carboxylic acids is 1. The van der Waals surface area contributed by atoms with Crippen molar-refractivity contribution in [3.05, 3.63) is 29.8 Å². The van der Waals surface area contributed by atoms with Crippen LogP contribution in [0.5, 0.6) is 5.75 Å². The maximum absolute atomic E-state index is 12.1. The number of aliphatic hydroxyl groups excluding tert-OH is 1. The van der Waals surface area contributed by atoms with E-state index < -0.39 is 0 Å². The van der Waals surface area contributed by atoms with Crippen molar-refractivity contribution in [1.82, 2.24) is 10.6 Å². The third kappa shape index (κ3) is 4.61. The summed E-state index contributed by atoms with van der Waals surface area (Å²) < 4.78 is 5.98. The van der Waals surface area contributed by atoms with Crippen LogP contribution in [0.2, 0.25) is 0 Å². The van der Waals surface area contributed by atoms with Crippen molar-refractivity contribution in [2.75, 3.05) is 6.61 Å². The molecule has 1 atom stereocenters. The molecule has 0 radical (unpaired) electrons. The number of urea groups is 1. The normalized spacial score (nSPS) is 18.8. The van der Waals surface area contributed by atoms with E-state index in [1.54, 1.807) is 0 Å². The van der Waals surface area contributed by atoms with Crippen molar-refractivity contribution in [2.24, 2.45) is 5.92 Å². The summed E-state index contributed by atoms with van der Waals surface area (Å²) in [6.45, 7) is 0.560. The van der Waals surface area contributed by atoms with Gasteiger partial charge in [0.1, 0.15) is 5.75 Å². The fourth-order valence-electron chi connectivity index (χ4n) is 2.89. The van der Waals surface area contributed by atoms with Crippen LogP contribution >= 0.6 is 0 Å². The van der Waals surface area contributed by atoms with Gasteiger partial charge in [0.2, 0.25) is 0 Å². The number of aliphatic hydroxyl groups is 1. The largest absolute Gasteiger partial charge is 0.490 e. The summed E-state index contributed by atoms with van der Waals surface area (Å²) in [4.78, 5) is 12.1. The summed E-state index contributed by atoms with van der Waals surface area (Å²) in [6.07, 6.45) is 6.71. The standard InChI is InChI=1S/C18H26N2O3/c21-11-10-16(13-8-9-13)20-18(22)19-12-14-4-1-2-7-17(14)23-15-5-3-6-15/h1-2,4,7,13,15-16,21H,3,5-6,8-12H2,(H2,19,20,22)/t16-/m0/s1. The van der Waals surface area contributed by atoms with Crippen LogP contribution in [0.15, 0.2) is 24.3 Å². The van der Waals surface area contributed by atoms with Crippen LogP contribution in [0.25, 0.3) is 0 Å². The second kappa shape index (κ2) is 7.68. The number of hydrogen-bond acceptors (Lipinski definition) is 3. The predicted octanol–water partition coefficient (Wildman–Crippen LogP) is 2.58. The minimum atomic E-state index is -0.172. The Morgan fingerprint density at radius 1 is 1.26 bits per heavy atom. The number of amides is 2. The topological polar surface area (TPSA) is 70.6 Å². The van der Waals surface area contributed by atoms with E-state index in [9.17, 15) is 4.79 Å². The molecule has 0 saturated heterocycles. The van der Waals surface area contributed by atoms with Crippen molar-refractivity contribution in [2.45, 2.75) is 57.2 Å². The van der Waals surface area contributed by atoms with Crippen molar-refractivity contribution in [1.29, 1.82) is 0 Å². The lowest BCUT2D eigenvalue weighted by molar-refractivity contribution is 0.119. The van der Waals surface area contributed by atoms with Crippen LogP contribution in [-0.2, 0) is 6.54 Å². The van der Waals surface area contributed by atoms with Gasteiger partial charge in [-0.05, 0) is 50.5 Å². The number of hydrogen-bond donors (Lipinski definition) is 3. The smallest absolute Gasteiger partial charge is 0.315 e. The lowest BCUT2D eigenvalue weighted by atomic mass is 9.96. The summed E-state index contributed by atoms with van der Waals surface area (Å²) >= 11 is 0. The molecule has 2 aliphatic rings. The van der Waals surface area contributed by atoms with E-state index in [2.05, 4.69) is 10.6 Å². The minimum Gasteiger partial charge on any atom is -0.490 e. The summed E-state index contributed by atoms with van der Waals surface area (Å²) in [5, 5.41) is 15.0. The average Bonchev–Trinajstić information content (AvgIpc) is 3.34. The predicted molar refractivity (Wildman–Crippen MR) is 88.3 cm³/mol. The molecule has 0 heterocycles. The van der Waals surface area contributed by atoms with Gasteiger partial charge in [0.25, 0.3) is 0 Å². The first kappa shape index (κ1) is 16.1. The molecule has 0 bridgehead atoms. The molecule has 5 nitrogen and oxygen atoms in total. The van der Waals surface area contributed by atoms with Crippen molar-refractivity contribution < 1.29 is 14.6 Å². The molecule has 3 N–H and O–H groups in total. The summed E-state index contributed by atoms with van der Waals surface area (Å²) in [5.41, 5.74) is 1.000. The van der Waals surface area contributed by atoms with Gasteiger partial charge in [-0.1, -0.05) is 18.2 Å². The molecule has 0 spiro atoms. The van der Waals surface area contributed by atoms with E-state index >= 15 is 0 Å². The molecule has 2 saturated carbocycles. The maximum Gasteiger partial charge on any atom is 0.315 e. The Bertz CT molecular complexity index is 527. The number of nitrogens with one attached hydrogen (secondary N) is 2. The fraction of sp³-hybridized carbons (Fsp3) is 0.611. The Hall–Kier alpha value is -1.75. The SMILES string of the molecule is O=C(NCc1ccccc1OC1CCC1)N[C@@H](CCO)C1CC1. The van der Waals surface area contributed by atoms with Gasteiger partial charge >= 0.3 is 6.03 Å². The summed E-state index contributed by atoms with van der Waals surface area (Å²) in [7, 11) is 0. The molecule has 3 rings (SSSR count). The van der Waals surface area contributed by atoms with Crippen LogP contribution in [0.1, 0.15) is 44.1 Å². The Kier molecular flexibility index (Phi) is 5.39. The third-order valence-corrected chi connectivity index (χ3v) is 4.71. The molecule has 2 fully saturated rings. The van der Waals surface area contributed by atoms with Crippen molar-refractivity contribution in [3.63, 3.8) is 0 Å². The molecule has 126 valence electrons. The van der Waals surface area contributed by atoms with Crippen LogP contribution < -0.4 is 15.4 Å². The summed E-state index contributed by atoms with van der Waals surface area (Å²) in [5.74, 6) is 1.40. The number of ether oxygens (including phenoxy) is 1. The average molecular weight is 318 g/mol. The van der Waals surface area contributed by atoms with Gasteiger partial charge in [0, 0.05) is 24.8 Å². The molecular weight excluding hydrogens is 292 g/mol. The van der Waals surface area contributed by atoms with E-state index in [1.165, 1.54) is 6.42 Å². The van der Waals surface area contributed by atoms with Gasteiger partial charge in [-0.3, -0.25) is 0 Å². The van der Waals surface area contributed by atoms with E-state index in [-0.39, 0.29) is 18.7 Å². The quantitative estimate of drug-likeness (QED) is 0.690. The van der Waals surface area contributed by atoms with Gasteiger partial charge in [0.15, 0.2) is 0 Å². The lowest BCUT2D eigenvalue weighted by Gasteiger charge is -2.27. The highest BCUT2D eigenvalue weighted by Crippen LogP contribution is 2.33. The van der Waals surface area contributed by atoms with E-state index in [0.29, 0.717) is 25.0 Å². The number of carbonyl (C=O) groups is 1. The lowest BCUT2D eigenvalue weighted by Crippen LogP contribution is -2.43. The second-order valence-electron chi connectivity index (χ2n) is 6.56. The molecule has 23 heavy (non-hydrogen) atoms. The van der Waals surface area contributed by atoms with E-state index in [1.807, 2.05) is 24.3 Å². The Morgan fingerprint density at radius 3 is 2.70 bits per heavy atom. The highest BCUT2D eigenvalue weighted by molar-refractivity contribution is 5.74. The molecule has 0 aromatic heterocycles. The van der Waals surface area contributed by atoms with Crippen LogP contribution in [-0.4, -0.2) is 29.9 Å². The number of para-hydroxylation sites is 1. The monoisotopic (exact) mass is 318 g/mol. The first-order valence-corrected chi connectivity index (χ1v) is 8.66. The molecule has 2 amide bonds. The van der Waals surface area contributed by atoms with Gasteiger partial charge < -0.3 is 20.5 Å². The molecule has 2 aliphatic carbocycles. The van der Waals surface area contributed by atoms with Crippen LogP contribution in [0.3, 0.4) is 0 Å². The Labute approximate surface area is 137 Å². The zero-order valence-electron chi connectivity index (χ0n) is 13.5.